The lowest BCUT2D eigenvalue weighted by molar-refractivity contribution is -0.123. The third-order valence-corrected chi connectivity index (χ3v) is 8.37. The number of halogens is 1. The van der Waals surface area contributed by atoms with Crippen molar-refractivity contribution in [1.29, 1.82) is 0 Å². The molecule has 4 aliphatic rings. The number of amides is 2. The molecule has 6 rings (SSSR count). The highest BCUT2D eigenvalue weighted by Crippen LogP contribution is 2.56. The van der Waals surface area contributed by atoms with Crippen LogP contribution in [0.15, 0.2) is 87.4 Å². The van der Waals surface area contributed by atoms with Crippen LogP contribution in [0.1, 0.15) is 31.2 Å². The summed E-state index contributed by atoms with van der Waals surface area (Å²) in [5.41, 5.74) is 2.94. The number of anilines is 1. The van der Waals surface area contributed by atoms with Crippen LogP contribution < -0.4 is 4.90 Å². The summed E-state index contributed by atoms with van der Waals surface area (Å²) in [6.07, 6.45) is 3.87. The van der Waals surface area contributed by atoms with Gasteiger partial charge in [-0.05, 0) is 62.1 Å². The minimum Gasteiger partial charge on any atom is -0.508 e. The van der Waals surface area contributed by atoms with Gasteiger partial charge in [-0.3, -0.25) is 24.1 Å². The zero-order valence-electron chi connectivity index (χ0n) is 19.4. The first-order chi connectivity index (χ1) is 17.3. The fourth-order valence-electron chi connectivity index (χ4n) is 6.30. The van der Waals surface area contributed by atoms with Crippen molar-refractivity contribution >= 4 is 45.0 Å². The van der Waals surface area contributed by atoms with Gasteiger partial charge in [0.2, 0.25) is 11.8 Å². The van der Waals surface area contributed by atoms with E-state index in [9.17, 15) is 24.3 Å². The van der Waals surface area contributed by atoms with Crippen LogP contribution in [0.25, 0.3) is 0 Å². The number of phenolic OH excluding ortho intramolecular Hbond substituents is 1. The zero-order chi connectivity index (χ0) is 25.3. The second-order valence-electron chi connectivity index (χ2n) is 9.78. The summed E-state index contributed by atoms with van der Waals surface area (Å²) in [5.74, 6) is -3.27. The fraction of sp³-hybridized carbons (Fsp3) is 0.241. The Morgan fingerprint density at radius 2 is 1.72 bits per heavy atom. The molecule has 0 radical (unpaired) electrons. The van der Waals surface area contributed by atoms with E-state index in [0.29, 0.717) is 34.4 Å². The number of phenols is 1. The maximum Gasteiger partial charge on any atom is 0.238 e. The van der Waals surface area contributed by atoms with E-state index in [0.717, 1.165) is 10.0 Å². The molecule has 36 heavy (non-hydrogen) atoms. The number of carbonyl (C=O) groups is 4. The van der Waals surface area contributed by atoms with Crippen molar-refractivity contribution in [1.82, 2.24) is 0 Å². The molecule has 2 aromatic rings. The van der Waals surface area contributed by atoms with E-state index >= 15 is 0 Å². The summed E-state index contributed by atoms with van der Waals surface area (Å²) in [6, 6.07) is 13.9. The van der Waals surface area contributed by atoms with Crippen molar-refractivity contribution in [2.75, 3.05) is 4.90 Å². The highest BCUT2D eigenvalue weighted by atomic mass is 79.9. The van der Waals surface area contributed by atoms with Crippen molar-refractivity contribution in [2.24, 2.45) is 17.8 Å². The molecule has 0 saturated carbocycles. The van der Waals surface area contributed by atoms with E-state index in [4.69, 9.17) is 0 Å². The summed E-state index contributed by atoms with van der Waals surface area (Å²) in [4.78, 5) is 55.0. The number of para-hydroxylation sites is 1. The Balaban J connectivity index is 1.52. The molecule has 1 fully saturated rings. The third kappa shape index (κ3) is 3.22. The molecule has 1 N–H and O–H groups in total. The lowest BCUT2D eigenvalue weighted by Gasteiger charge is -2.42. The molecule has 1 aliphatic heterocycles. The first-order valence-corrected chi connectivity index (χ1v) is 12.7. The topological polar surface area (TPSA) is 91.8 Å². The molecule has 2 aromatic carbocycles. The SMILES string of the molecule is CC1=CC(=O)C2=C(C1=O)[C@@H](c1cc(Br)ccc1O)C1=CC[C@@H]3C(=O)N(c4ccccc4)C(=O)[C@@H]3[C@@H]1C2. The van der Waals surface area contributed by atoms with Gasteiger partial charge in [0.15, 0.2) is 11.6 Å². The third-order valence-electron chi connectivity index (χ3n) is 7.88. The van der Waals surface area contributed by atoms with E-state index in [-0.39, 0.29) is 35.6 Å². The van der Waals surface area contributed by atoms with E-state index in [1.54, 1.807) is 49.4 Å². The Kier molecular flexibility index (Phi) is 5.23. The van der Waals surface area contributed by atoms with Crippen LogP contribution in [0, 0.1) is 17.8 Å². The molecule has 7 heteroatoms. The molecule has 0 bridgehead atoms. The van der Waals surface area contributed by atoms with Gasteiger partial charge in [-0.15, -0.1) is 0 Å². The largest absolute Gasteiger partial charge is 0.508 e. The van der Waals surface area contributed by atoms with Crippen molar-refractivity contribution in [2.45, 2.75) is 25.7 Å². The molecular weight excluding hydrogens is 522 g/mol. The van der Waals surface area contributed by atoms with E-state index in [1.807, 2.05) is 12.1 Å². The molecule has 1 saturated heterocycles. The molecule has 4 atom stereocenters. The maximum absolute atomic E-state index is 13.8. The first-order valence-electron chi connectivity index (χ1n) is 11.9. The predicted octanol–water partition coefficient (Wildman–Crippen LogP) is 4.79. The Hall–Kier alpha value is -3.58. The zero-order valence-corrected chi connectivity index (χ0v) is 21.0. The average molecular weight is 544 g/mol. The van der Waals surface area contributed by atoms with E-state index in [2.05, 4.69) is 15.9 Å². The molecule has 0 spiro atoms. The maximum atomic E-state index is 13.8. The second kappa shape index (κ2) is 8.23. The summed E-state index contributed by atoms with van der Waals surface area (Å²) < 4.78 is 0.720. The average Bonchev–Trinajstić information content (AvgIpc) is 3.13. The lowest BCUT2D eigenvalue weighted by Crippen LogP contribution is -2.39. The minimum absolute atomic E-state index is 0.00548. The van der Waals surface area contributed by atoms with Crippen molar-refractivity contribution in [3.05, 3.63) is 93.0 Å². The Morgan fingerprint density at radius 1 is 0.972 bits per heavy atom. The number of benzene rings is 2. The van der Waals surface area contributed by atoms with Gasteiger partial charge in [-0.2, -0.15) is 0 Å². The number of ketones is 2. The molecule has 0 unspecified atom stereocenters. The van der Waals surface area contributed by atoms with Crippen LogP contribution in [-0.4, -0.2) is 28.5 Å². The monoisotopic (exact) mass is 543 g/mol. The second-order valence-corrected chi connectivity index (χ2v) is 10.7. The number of hydrogen-bond acceptors (Lipinski definition) is 5. The molecule has 180 valence electrons. The Morgan fingerprint density at radius 3 is 2.47 bits per heavy atom. The van der Waals surface area contributed by atoms with Gasteiger partial charge >= 0.3 is 0 Å². The predicted molar refractivity (Wildman–Crippen MR) is 136 cm³/mol. The number of rotatable bonds is 2. The van der Waals surface area contributed by atoms with Gasteiger partial charge in [0.05, 0.1) is 17.5 Å². The van der Waals surface area contributed by atoms with Crippen molar-refractivity contribution in [3.8, 4) is 5.75 Å². The molecule has 0 aromatic heterocycles. The molecular formula is C29H22BrNO5. The van der Waals surface area contributed by atoms with Gasteiger partial charge in [0, 0.05) is 32.7 Å². The van der Waals surface area contributed by atoms with Crippen LogP contribution in [-0.2, 0) is 19.2 Å². The Bertz CT molecular complexity index is 1470. The van der Waals surface area contributed by atoms with Crippen LogP contribution in [0.3, 0.4) is 0 Å². The number of fused-ring (bicyclic) bond motifs is 3. The van der Waals surface area contributed by atoms with Gasteiger partial charge in [0.25, 0.3) is 0 Å². The number of hydrogen-bond donors (Lipinski definition) is 1. The van der Waals surface area contributed by atoms with Crippen LogP contribution in [0.5, 0.6) is 5.75 Å². The summed E-state index contributed by atoms with van der Waals surface area (Å²) in [5, 5.41) is 10.8. The van der Waals surface area contributed by atoms with Crippen LogP contribution in [0.2, 0.25) is 0 Å². The summed E-state index contributed by atoms with van der Waals surface area (Å²) in [6.45, 7) is 1.62. The van der Waals surface area contributed by atoms with Crippen molar-refractivity contribution in [3.63, 3.8) is 0 Å². The highest BCUT2D eigenvalue weighted by Gasteiger charge is 2.56. The lowest BCUT2D eigenvalue weighted by atomic mass is 9.59. The van der Waals surface area contributed by atoms with Crippen LogP contribution in [0.4, 0.5) is 5.69 Å². The van der Waals surface area contributed by atoms with Gasteiger partial charge in [-0.1, -0.05) is 45.8 Å². The number of imide groups is 1. The molecule has 3 aliphatic carbocycles. The number of Topliss-reactive ketones (excluding diaryl/α,β-unsaturated/α-hetero) is 1. The smallest absolute Gasteiger partial charge is 0.238 e. The van der Waals surface area contributed by atoms with Crippen LogP contribution >= 0.6 is 15.9 Å². The number of allylic oxidation sites excluding steroid dienone is 6. The van der Waals surface area contributed by atoms with Crippen molar-refractivity contribution < 1.29 is 24.3 Å². The van der Waals surface area contributed by atoms with Gasteiger partial charge in [-0.25, -0.2) is 0 Å². The highest BCUT2D eigenvalue weighted by molar-refractivity contribution is 9.10. The standard InChI is InChI=1S/C29H22BrNO5/c1-14-11-23(33)21-13-19-17(24(26(21)27(14)34)20-12-15(30)7-10-22(20)32)8-9-18-25(19)29(36)31(28(18)35)16-5-3-2-4-6-16/h2-8,10-12,18-19,24-25,32H,9,13H2,1H3/t18-,19+,24+,25-/m0/s1. The summed E-state index contributed by atoms with van der Waals surface area (Å²) >= 11 is 3.46. The number of nitrogens with zero attached hydrogens (tertiary/aromatic N) is 1. The normalized spacial score (nSPS) is 27.4. The summed E-state index contributed by atoms with van der Waals surface area (Å²) in [7, 11) is 0. The van der Waals surface area contributed by atoms with E-state index < -0.39 is 23.7 Å². The number of aromatic hydroxyl groups is 1. The molecule has 6 nitrogen and oxygen atoms in total. The van der Waals surface area contributed by atoms with E-state index in [1.165, 1.54) is 11.0 Å². The quantitative estimate of drug-likeness (QED) is 0.334. The Labute approximate surface area is 216 Å². The fourth-order valence-corrected chi connectivity index (χ4v) is 6.68. The minimum atomic E-state index is -0.675. The number of carbonyl (C=O) groups excluding carboxylic acids is 4. The first kappa shape index (κ1) is 22.9. The van der Waals surface area contributed by atoms with Gasteiger partial charge in [0.1, 0.15) is 5.75 Å². The molecule has 2 amide bonds. The molecule has 1 heterocycles. The van der Waals surface area contributed by atoms with Gasteiger partial charge < -0.3 is 5.11 Å².